The molecule has 0 bridgehead atoms. The topological polar surface area (TPSA) is 46.5 Å². The molecule has 1 N–H and O–H groups in total. The highest BCUT2D eigenvalue weighted by molar-refractivity contribution is 5.68. The maximum absolute atomic E-state index is 10.9. The molecule has 0 aromatic carbocycles. The van der Waals surface area contributed by atoms with Crippen LogP contribution >= 0.6 is 0 Å². The van der Waals surface area contributed by atoms with Gasteiger partial charge in [0.05, 0.1) is 13.2 Å². The molecule has 1 atom stereocenters. The molecule has 0 aliphatic heterocycles. The summed E-state index contributed by atoms with van der Waals surface area (Å²) in [5.41, 5.74) is 0. The summed E-state index contributed by atoms with van der Waals surface area (Å²) in [6.07, 6.45) is 24.4. The molecule has 1 unspecified atom stereocenters. The molecule has 0 aliphatic rings. The molecule has 0 amide bonds. The number of aliphatic hydroxyl groups is 1. The number of unbranched alkanes of at least 4 members (excludes halogenated alkanes) is 3. The number of esters is 1. The van der Waals surface area contributed by atoms with E-state index in [1.165, 1.54) is 32.8 Å². The Hall–Kier alpha value is -1.61. The predicted octanol–water partition coefficient (Wildman–Crippen LogP) is 5.28. The van der Waals surface area contributed by atoms with Gasteiger partial charge in [-0.3, -0.25) is 4.79 Å². The molecule has 0 aliphatic carbocycles. The van der Waals surface area contributed by atoms with Gasteiger partial charge in [-0.25, -0.2) is 0 Å². The molecule has 0 saturated carbocycles. The number of carbonyl (C=O) groups excluding carboxylic acids is 1. The zero-order valence-corrected chi connectivity index (χ0v) is 15.3. The third kappa shape index (κ3) is 16.8. The third-order valence-corrected chi connectivity index (χ3v) is 3.54. The highest BCUT2D eigenvalue weighted by Crippen LogP contribution is 2.03. The van der Waals surface area contributed by atoms with E-state index in [0.29, 0.717) is 19.3 Å². The van der Waals surface area contributed by atoms with E-state index in [1.807, 2.05) is 12.2 Å². The third-order valence-electron chi connectivity index (χ3n) is 3.54. The lowest BCUT2D eigenvalue weighted by molar-refractivity contribution is -0.140. The van der Waals surface area contributed by atoms with Crippen LogP contribution in [0.5, 0.6) is 0 Å². The van der Waals surface area contributed by atoms with Crippen molar-refractivity contribution in [2.45, 2.75) is 70.8 Å². The summed E-state index contributed by atoms with van der Waals surface area (Å²) >= 11 is 0. The van der Waals surface area contributed by atoms with Crippen LogP contribution in [0, 0.1) is 0 Å². The average Bonchev–Trinajstić information content (AvgIpc) is 2.58. The Balaban J connectivity index is 3.62. The second-order valence-electron chi connectivity index (χ2n) is 5.76. The molecular formula is C21H34O3. The number of rotatable bonds is 14. The van der Waals surface area contributed by atoms with Crippen LogP contribution in [-0.2, 0) is 9.53 Å². The highest BCUT2D eigenvalue weighted by atomic mass is 16.5. The van der Waals surface area contributed by atoms with Crippen molar-refractivity contribution in [1.82, 2.24) is 0 Å². The Morgan fingerprint density at radius 3 is 2.42 bits per heavy atom. The Morgan fingerprint density at radius 2 is 1.71 bits per heavy atom. The molecule has 0 saturated heterocycles. The van der Waals surface area contributed by atoms with Crippen LogP contribution in [0.25, 0.3) is 0 Å². The Kier molecular flexibility index (Phi) is 16.5. The van der Waals surface area contributed by atoms with Gasteiger partial charge in [0.15, 0.2) is 0 Å². The van der Waals surface area contributed by atoms with E-state index in [0.717, 1.165) is 12.8 Å². The maximum atomic E-state index is 10.9. The van der Waals surface area contributed by atoms with Crippen molar-refractivity contribution in [3.63, 3.8) is 0 Å². The van der Waals surface area contributed by atoms with Crippen LogP contribution in [-0.4, -0.2) is 24.3 Å². The molecule has 0 aromatic rings. The normalized spacial score (nSPS) is 13.6. The lowest BCUT2D eigenvalue weighted by Gasteiger charge is -2.03. The molecule has 0 radical (unpaired) electrons. The van der Waals surface area contributed by atoms with E-state index in [9.17, 15) is 9.90 Å². The quantitative estimate of drug-likeness (QED) is 0.203. The van der Waals surface area contributed by atoms with Gasteiger partial charge in [0.1, 0.15) is 0 Å². The van der Waals surface area contributed by atoms with E-state index in [2.05, 4.69) is 42.0 Å². The van der Waals surface area contributed by atoms with Gasteiger partial charge in [0, 0.05) is 6.42 Å². The fraction of sp³-hybridized carbons (Fsp3) is 0.571. The van der Waals surface area contributed by atoms with Gasteiger partial charge < -0.3 is 9.84 Å². The van der Waals surface area contributed by atoms with Crippen molar-refractivity contribution in [3.05, 3.63) is 48.6 Å². The number of carbonyl (C=O) groups is 1. The first-order chi connectivity index (χ1) is 11.7. The van der Waals surface area contributed by atoms with Crippen LogP contribution in [0.3, 0.4) is 0 Å². The van der Waals surface area contributed by atoms with Crippen molar-refractivity contribution in [1.29, 1.82) is 0 Å². The Labute approximate surface area is 147 Å². The first-order valence-corrected chi connectivity index (χ1v) is 9.08. The SMILES string of the molecule is CCCCC/C=C/C/C=C/C/C=C/C=C/C(O)CCCC(=O)OC. The summed E-state index contributed by atoms with van der Waals surface area (Å²) in [6, 6.07) is 0. The smallest absolute Gasteiger partial charge is 0.305 e. The maximum Gasteiger partial charge on any atom is 0.305 e. The second-order valence-corrected chi connectivity index (χ2v) is 5.76. The standard InChI is InChI=1S/C21H34O3/c1-3-4-5-6-7-8-9-10-11-12-13-14-15-17-20(22)18-16-19-21(23)24-2/h7-8,10-11,13-15,17,20,22H,3-6,9,12,16,18-19H2,1-2H3/b8-7+,11-10+,14-13+,17-15+. The summed E-state index contributed by atoms with van der Waals surface area (Å²) in [7, 11) is 1.38. The van der Waals surface area contributed by atoms with Crippen molar-refractivity contribution in [2.75, 3.05) is 7.11 Å². The minimum absolute atomic E-state index is 0.228. The first kappa shape index (κ1) is 22.4. The molecule has 3 heteroatoms. The number of hydrogen-bond donors (Lipinski definition) is 1. The van der Waals surface area contributed by atoms with E-state index in [4.69, 9.17) is 0 Å². The first-order valence-electron chi connectivity index (χ1n) is 9.08. The fourth-order valence-electron chi connectivity index (χ4n) is 2.08. The predicted molar refractivity (Wildman–Crippen MR) is 102 cm³/mol. The number of hydrogen-bond acceptors (Lipinski definition) is 3. The fourth-order valence-corrected chi connectivity index (χ4v) is 2.08. The highest BCUT2D eigenvalue weighted by Gasteiger charge is 2.02. The van der Waals surface area contributed by atoms with Crippen LogP contribution in [0.15, 0.2) is 48.6 Å². The zero-order valence-electron chi connectivity index (χ0n) is 15.3. The molecule has 3 nitrogen and oxygen atoms in total. The van der Waals surface area contributed by atoms with Crippen LogP contribution in [0.4, 0.5) is 0 Å². The van der Waals surface area contributed by atoms with E-state index >= 15 is 0 Å². The molecule has 0 fully saturated rings. The summed E-state index contributed by atoms with van der Waals surface area (Å²) < 4.78 is 4.55. The van der Waals surface area contributed by atoms with Crippen LogP contribution in [0.1, 0.15) is 64.7 Å². The van der Waals surface area contributed by atoms with Crippen LogP contribution < -0.4 is 0 Å². The van der Waals surface area contributed by atoms with Gasteiger partial charge in [-0.1, -0.05) is 68.4 Å². The van der Waals surface area contributed by atoms with E-state index < -0.39 is 6.10 Å². The molecular weight excluding hydrogens is 300 g/mol. The second kappa shape index (κ2) is 17.7. The molecule has 136 valence electrons. The molecule has 0 aromatic heterocycles. The number of methoxy groups -OCH3 is 1. The van der Waals surface area contributed by atoms with E-state index in [-0.39, 0.29) is 5.97 Å². The zero-order chi connectivity index (χ0) is 17.9. The summed E-state index contributed by atoms with van der Waals surface area (Å²) in [4.78, 5) is 10.9. The van der Waals surface area contributed by atoms with E-state index in [1.54, 1.807) is 6.08 Å². The molecule has 0 heterocycles. The monoisotopic (exact) mass is 334 g/mol. The molecule has 0 rings (SSSR count). The van der Waals surface area contributed by atoms with Gasteiger partial charge in [-0.2, -0.15) is 0 Å². The van der Waals surface area contributed by atoms with Crippen molar-refractivity contribution in [3.8, 4) is 0 Å². The van der Waals surface area contributed by atoms with Gasteiger partial charge in [-0.15, -0.1) is 0 Å². The molecule has 0 spiro atoms. The van der Waals surface area contributed by atoms with Gasteiger partial charge in [-0.05, 0) is 38.5 Å². The number of aliphatic hydroxyl groups excluding tert-OH is 1. The van der Waals surface area contributed by atoms with Gasteiger partial charge >= 0.3 is 5.97 Å². The number of allylic oxidation sites excluding steroid dienone is 7. The minimum atomic E-state index is -0.507. The number of ether oxygens (including phenoxy) is 1. The van der Waals surface area contributed by atoms with Crippen LogP contribution in [0.2, 0.25) is 0 Å². The Bertz CT molecular complexity index is 405. The largest absolute Gasteiger partial charge is 0.469 e. The van der Waals surface area contributed by atoms with Crippen molar-refractivity contribution in [2.24, 2.45) is 0 Å². The summed E-state index contributed by atoms with van der Waals surface area (Å²) in [6.45, 7) is 2.22. The van der Waals surface area contributed by atoms with Crippen molar-refractivity contribution < 1.29 is 14.6 Å². The summed E-state index contributed by atoms with van der Waals surface area (Å²) in [5, 5.41) is 9.72. The summed E-state index contributed by atoms with van der Waals surface area (Å²) in [5.74, 6) is -0.228. The van der Waals surface area contributed by atoms with Gasteiger partial charge in [0.2, 0.25) is 0 Å². The Morgan fingerprint density at radius 1 is 1.00 bits per heavy atom. The average molecular weight is 335 g/mol. The lowest BCUT2D eigenvalue weighted by atomic mass is 10.1. The van der Waals surface area contributed by atoms with Gasteiger partial charge in [0.25, 0.3) is 0 Å². The lowest BCUT2D eigenvalue weighted by Crippen LogP contribution is -2.05. The molecule has 24 heavy (non-hydrogen) atoms. The van der Waals surface area contributed by atoms with Crippen molar-refractivity contribution >= 4 is 5.97 Å². The minimum Gasteiger partial charge on any atom is -0.469 e.